The second kappa shape index (κ2) is 9.05. The number of hydrogen-bond acceptors (Lipinski definition) is 6. The first-order valence-electron chi connectivity index (χ1n) is 8.76. The Labute approximate surface area is 167 Å². The van der Waals surface area contributed by atoms with Gasteiger partial charge in [-0.05, 0) is 26.3 Å². The number of ether oxygens (including phenoxy) is 2. The molecule has 2 rings (SSSR count). The number of carbonyl (C=O) groups excluding carboxylic acids is 1. The highest BCUT2D eigenvalue weighted by atomic mass is 16.6. The number of nitro benzene ring substituents is 1. The molecule has 2 N–H and O–H groups in total. The van der Waals surface area contributed by atoms with Crippen molar-refractivity contribution < 1.29 is 29.1 Å². The van der Waals surface area contributed by atoms with Gasteiger partial charge in [0, 0.05) is 11.6 Å². The number of nitrogens with zero attached hydrogens (tertiary/aromatic N) is 1. The molecule has 0 bridgehead atoms. The van der Waals surface area contributed by atoms with Gasteiger partial charge in [0.05, 0.1) is 4.92 Å². The second-order valence-corrected chi connectivity index (χ2v) is 7.13. The first-order valence-corrected chi connectivity index (χ1v) is 8.76. The van der Waals surface area contributed by atoms with Crippen LogP contribution in [0.25, 0.3) is 11.1 Å². The van der Waals surface area contributed by atoms with E-state index >= 15 is 0 Å². The smallest absolute Gasteiger partial charge is 0.408 e. The maximum Gasteiger partial charge on any atom is 0.408 e. The molecule has 2 aromatic carbocycles. The molecule has 9 nitrogen and oxygen atoms in total. The normalized spacial score (nSPS) is 12.0. The molecule has 0 aliphatic rings. The molecule has 0 fully saturated rings. The Morgan fingerprint density at radius 3 is 2.34 bits per heavy atom. The van der Waals surface area contributed by atoms with E-state index in [9.17, 15) is 24.8 Å². The minimum Gasteiger partial charge on any atom is -0.484 e. The summed E-state index contributed by atoms with van der Waals surface area (Å²) in [4.78, 5) is 34.2. The van der Waals surface area contributed by atoms with Crippen molar-refractivity contribution in [2.45, 2.75) is 32.4 Å². The number of nitrogens with one attached hydrogen (secondary N) is 1. The number of para-hydroxylation sites is 1. The summed E-state index contributed by atoms with van der Waals surface area (Å²) in [5.74, 6) is -1.45. The molecule has 0 heterocycles. The van der Waals surface area contributed by atoms with Crippen molar-refractivity contribution in [1.29, 1.82) is 0 Å². The largest absolute Gasteiger partial charge is 0.484 e. The van der Waals surface area contributed by atoms with Gasteiger partial charge >= 0.3 is 17.7 Å². The molecule has 0 unspecified atom stereocenters. The van der Waals surface area contributed by atoms with Gasteiger partial charge in [0.1, 0.15) is 12.2 Å². The molecule has 0 saturated heterocycles. The van der Waals surface area contributed by atoms with Crippen LogP contribution in [0.15, 0.2) is 48.5 Å². The lowest BCUT2D eigenvalue weighted by Crippen LogP contribution is -2.46. The number of alkyl carbamates (subject to hydrolysis) is 1. The van der Waals surface area contributed by atoms with Gasteiger partial charge in [0.2, 0.25) is 5.75 Å². The summed E-state index contributed by atoms with van der Waals surface area (Å²) in [6, 6.07) is 11.8. The molecular formula is C20H22N2O7. The number of carbonyl (C=O) groups is 2. The minimum atomic E-state index is -1.46. The predicted octanol–water partition coefficient (Wildman–Crippen LogP) is 3.62. The van der Waals surface area contributed by atoms with Gasteiger partial charge in [0.15, 0.2) is 6.04 Å². The van der Waals surface area contributed by atoms with Crippen LogP contribution in [-0.2, 0) is 9.53 Å². The fraction of sp³-hybridized carbons (Fsp3) is 0.300. The third-order valence-corrected chi connectivity index (χ3v) is 3.66. The molecular weight excluding hydrogens is 380 g/mol. The molecule has 0 radical (unpaired) electrons. The third kappa shape index (κ3) is 6.20. The summed E-state index contributed by atoms with van der Waals surface area (Å²) in [5.41, 5.74) is -0.0284. The molecule has 0 spiro atoms. The van der Waals surface area contributed by atoms with Crippen molar-refractivity contribution in [3.8, 4) is 16.9 Å². The Hall–Kier alpha value is -3.62. The van der Waals surface area contributed by atoms with Crippen LogP contribution in [0.4, 0.5) is 10.5 Å². The first-order chi connectivity index (χ1) is 13.6. The van der Waals surface area contributed by atoms with E-state index in [1.165, 1.54) is 12.1 Å². The fourth-order valence-electron chi connectivity index (χ4n) is 2.46. The molecule has 2 aromatic rings. The zero-order chi connectivity index (χ0) is 21.6. The van der Waals surface area contributed by atoms with E-state index in [-0.39, 0.29) is 11.4 Å². The molecule has 0 aliphatic heterocycles. The summed E-state index contributed by atoms with van der Waals surface area (Å²) >= 11 is 0. The molecule has 0 saturated carbocycles. The number of benzene rings is 2. The molecule has 29 heavy (non-hydrogen) atoms. The Bertz CT molecular complexity index is 891. The van der Waals surface area contributed by atoms with Gasteiger partial charge in [-0.15, -0.1) is 0 Å². The SMILES string of the molecule is CC(C)(C)OC(=O)N[C@@H](COc1c(-c2ccccc2)cccc1[N+](=O)[O-])C(=O)O. The van der Waals surface area contributed by atoms with Crippen molar-refractivity contribution in [3.05, 3.63) is 58.6 Å². The lowest BCUT2D eigenvalue weighted by Gasteiger charge is -2.22. The molecule has 9 heteroatoms. The van der Waals surface area contributed by atoms with Crippen LogP contribution in [0, 0.1) is 10.1 Å². The zero-order valence-electron chi connectivity index (χ0n) is 16.2. The molecule has 1 atom stereocenters. The number of hydrogen-bond donors (Lipinski definition) is 2. The van der Waals surface area contributed by atoms with E-state index in [1.54, 1.807) is 57.2 Å². The maximum absolute atomic E-state index is 11.9. The van der Waals surface area contributed by atoms with Crippen molar-refractivity contribution >= 4 is 17.7 Å². The van der Waals surface area contributed by atoms with Crippen LogP contribution >= 0.6 is 0 Å². The van der Waals surface area contributed by atoms with E-state index < -0.39 is 35.2 Å². The van der Waals surface area contributed by atoms with E-state index in [0.717, 1.165) is 0 Å². The minimum absolute atomic E-state index is 0.0825. The summed E-state index contributed by atoms with van der Waals surface area (Å²) < 4.78 is 10.6. The molecule has 0 aliphatic carbocycles. The maximum atomic E-state index is 11.9. The van der Waals surface area contributed by atoms with Gasteiger partial charge in [-0.3, -0.25) is 10.1 Å². The van der Waals surface area contributed by atoms with Crippen molar-refractivity contribution in [3.63, 3.8) is 0 Å². The number of carboxylic acid groups (broad SMARTS) is 1. The summed E-state index contributed by atoms with van der Waals surface area (Å²) in [7, 11) is 0. The number of amides is 1. The van der Waals surface area contributed by atoms with Crippen LogP contribution in [-0.4, -0.2) is 40.3 Å². The van der Waals surface area contributed by atoms with Crippen LogP contribution in [0.1, 0.15) is 20.8 Å². The van der Waals surface area contributed by atoms with Crippen molar-refractivity contribution in [2.75, 3.05) is 6.61 Å². The van der Waals surface area contributed by atoms with E-state index in [2.05, 4.69) is 5.32 Å². The monoisotopic (exact) mass is 402 g/mol. The number of rotatable bonds is 7. The van der Waals surface area contributed by atoms with Gasteiger partial charge < -0.3 is 19.9 Å². The van der Waals surface area contributed by atoms with Gasteiger partial charge in [0.25, 0.3) is 0 Å². The number of aliphatic carboxylic acids is 1. The quantitative estimate of drug-likeness (QED) is 0.535. The molecule has 154 valence electrons. The average Bonchev–Trinajstić information content (AvgIpc) is 2.63. The highest BCUT2D eigenvalue weighted by molar-refractivity contribution is 5.80. The van der Waals surface area contributed by atoms with Gasteiger partial charge in [-0.2, -0.15) is 0 Å². The van der Waals surface area contributed by atoms with Crippen molar-refractivity contribution in [2.24, 2.45) is 0 Å². The molecule has 1 amide bonds. The Morgan fingerprint density at radius 2 is 1.79 bits per heavy atom. The summed E-state index contributed by atoms with van der Waals surface area (Å²) in [6.45, 7) is 4.38. The molecule has 0 aromatic heterocycles. The van der Waals surface area contributed by atoms with Crippen molar-refractivity contribution in [1.82, 2.24) is 5.32 Å². The van der Waals surface area contributed by atoms with Crippen LogP contribution < -0.4 is 10.1 Å². The van der Waals surface area contributed by atoms with Crippen LogP contribution in [0.3, 0.4) is 0 Å². The predicted molar refractivity (Wildman–Crippen MR) is 105 cm³/mol. The Morgan fingerprint density at radius 1 is 1.14 bits per heavy atom. The van der Waals surface area contributed by atoms with Gasteiger partial charge in [-0.1, -0.05) is 42.5 Å². The number of carboxylic acids is 1. The van der Waals surface area contributed by atoms with E-state index in [4.69, 9.17) is 9.47 Å². The zero-order valence-corrected chi connectivity index (χ0v) is 16.2. The standard InChI is InChI=1S/C20H22N2O7/c1-20(2,3)29-19(25)21-15(18(23)24)12-28-17-14(13-8-5-4-6-9-13)10-7-11-16(17)22(26)27/h4-11,15H,12H2,1-3H3,(H,21,25)(H,23,24)/t15-/m0/s1. The fourth-order valence-corrected chi connectivity index (χ4v) is 2.46. The number of nitro groups is 1. The van der Waals surface area contributed by atoms with Crippen LogP contribution in [0.2, 0.25) is 0 Å². The summed E-state index contributed by atoms with van der Waals surface area (Å²) in [6.07, 6.45) is -0.931. The lowest BCUT2D eigenvalue weighted by molar-refractivity contribution is -0.385. The van der Waals surface area contributed by atoms with E-state index in [0.29, 0.717) is 11.1 Å². The Balaban J connectivity index is 2.28. The average molecular weight is 402 g/mol. The topological polar surface area (TPSA) is 128 Å². The Kier molecular flexibility index (Phi) is 6.76. The highest BCUT2D eigenvalue weighted by Gasteiger charge is 2.27. The second-order valence-electron chi connectivity index (χ2n) is 7.13. The van der Waals surface area contributed by atoms with Gasteiger partial charge in [-0.25, -0.2) is 9.59 Å². The third-order valence-electron chi connectivity index (χ3n) is 3.66. The summed E-state index contributed by atoms with van der Waals surface area (Å²) in [5, 5.41) is 23.0. The van der Waals surface area contributed by atoms with E-state index in [1.807, 2.05) is 0 Å². The highest BCUT2D eigenvalue weighted by Crippen LogP contribution is 2.37. The van der Waals surface area contributed by atoms with Crippen LogP contribution in [0.5, 0.6) is 5.75 Å². The first kappa shape index (κ1) is 21.7. The lowest BCUT2D eigenvalue weighted by atomic mass is 10.0.